The van der Waals surface area contributed by atoms with Crippen molar-refractivity contribution in [3.05, 3.63) is 200 Å². The number of thiophene rings is 1. The highest BCUT2D eigenvalue weighted by atomic mass is 32.1. The fraction of sp³-hybridized carbons (Fsp3) is 0. The van der Waals surface area contributed by atoms with E-state index < -0.39 is 0 Å². The molecule has 10 rings (SSSR count). The van der Waals surface area contributed by atoms with Crippen LogP contribution in [0.2, 0.25) is 0 Å². The van der Waals surface area contributed by atoms with Gasteiger partial charge in [0.25, 0.3) is 0 Å². The van der Waals surface area contributed by atoms with E-state index in [-0.39, 0.29) is 0 Å². The van der Waals surface area contributed by atoms with Gasteiger partial charge in [-0.25, -0.2) is 0 Å². The van der Waals surface area contributed by atoms with Gasteiger partial charge >= 0.3 is 0 Å². The molecule has 0 radical (unpaired) electrons. The van der Waals surface area contributed by atoms with Crippen molar-refractivity contribution in [3.8, 4) is 33.4 Å². The quantitative estimate of drug-likeness (QED) is 0.158. The molecule has 244 valence electrons. The fourth-order valence-corrected chi connectivity index (χ4v) is 8.98. The molecule has 0 fully saturated rings. The van der Waals surface area contributed by atoms with E-state index in [1.807, 2.05) is 11.3 Å². The molecule has 0 unspecified atom stereocenters. The lowest BCUT2D eigenvalue weighted by atomic mass is 9.93. The summed E-state index contributed by atoms with van der Waals surface area (Å²) in [6.07, 6.45) is 0. The summed E-state index contributed by atoms with van der Waals surface area (Å²) in [6.45, 7) is 0. The topological polar surface area (TPSA) is 3.24 Å². The Bertz CT molecular complexity index is 2890. The van der Waals surface area contributed by atoms with Gasteiger partial charge in [-0.05, 0) is 97.4 Å². The van der Waals surface area contributed by atoms with Crippen LogP contribution in [0, 0.1) is 0 Å². The molecule has 0 aliphatic rings. The number of fused-ring (bicyclic) bond motifs is 6. The van der Waals surface area contributed by atoms with Crippen molar-refractivity contribution in [1.82, 2.24) is 0 Å². The van der Waals surface area contributed by atoms with Gasteiger partial charge in [-0.1, -0.05) is 158 Å². The minimum atomic E-state index is 1.11. The van der Waals surface area contributed by atoms with Crippen LogP contribution in [-0.4, -0.2) is 0 Å². The lowest BCUT2D eigenvalue weighted by Crippen LogP contribution is -2.10. The van der Waals surface area contributed by atoms with Crippen molar-refractivity contribution < 1.29 is 0 Å². The van der Waals surface area contributed by atoms with Crippen LogP contribution >= 0.6 is 11.3 Å². The molecule has 9 aromatic carbocycles. The van der Waals surface area contributed by atoms with Gasteiger partial charge in [0.15, 0.2) is 0 Å². The Morgan fingerprint density at radius 3 is 1.65 bits per heavy atom. The zero-order valence-electron chi connectivity index (χ0n) is 28.4. The summed E-state index contributed by atoms with van der Waals surface area (Å²) in [5, 5.41) is 7.63. The molecule has 0 aliphatic carbocycles. The molecule has 0 saturated heterocycles. The van der Waals surface area contributed by atoms with E-state index in [4.69, 9.17) is 0 Å². The molecule has 0 saturated carbocycles. The minimum absolute atomic E-state index is 1.11. The van der Waals surface area contributed by atoms with Crippen LogP contribution in [0.4, 0.5) is 17.1 Å². The van der Waals surface area contributed by atoms with Gasteiger partial charge in [-0.2, -0.15) is 0 Å². The van der Waals surface area contributed by atoms with Crippen LogP contribution < -0.4 is 4.90 Å². The number of hydrogen-bond acceptors (Lipinski definition) is 2. The van der Waals surface area contributed by atoms with Gasteiger partial charge in [0.05, 0.1) is 0 Å². The van der Waals surface area contributed by atoms with Crippen LogP contribution in [0.1, 0.15) is 0 Å². The van der Waals surface area contributed by atoms with Crippen LogP contribution in [0.25, 0.3) is 75.1 Å². The largest absolute Gasteiger partial charge is 0.310 e. The second kappa shape index (κ2) is 12.7. The zero-order valence-corrected chi connectivity index (χ0v) is 29.2. The third kappa shape index (κ3) is 5.24. The minimum Gasteiger partial charge on any atom is -0.310 e. The van der Waals surface area contributed by atoms with E-state index in [0.29, 0.717) is 0 Å². The lowest BCUT2D eigenvalue weighted by Gasteiger charge is -2.27. The lowest BCUT2D eigenvalue weighted by molar-refractivity contribution is 1.29. The van der Waals surface area contributed by atoms with Crippen molar-refractivity contribution >= 4 is 70.1 Å². The van der Waals surface area contributed by atoms with Crippen LogP contribution in [-0.2, 0) is 0 Å². The van der Waals surface area contributed by atoms with Gasteiger partial charge in [-0.15, -0.1) is 11.3 Å². The van der Waals surface area contributed by atoms with Crippen LogP contribution in [0.15, 0.2) is 200 Å². The number of anilines is 3. The average Bonchev–Trinajstić information content (AvgIpc) is 3.61. The molecular weight excluding hydrogens is 647 g/mol. The van der Waals surface area contributed by atoms with E-state index in [1.54, 1.807) is 0 Å². The Balaban J connectivity index is 1.16. The molecule has 0 amide bonds. The summed E-state index contributed by atoms with van der Waals surface area (Å²) >= 11 is 1.88. The fourth-order valence-electron chi connectivity index (χ4n) is 7.74. The normalized spacial score (nSPS) is 11.5. The maximum absolute atomic E-state index is 2.41. The third-order valence-corrected chi connectivity index (χ3v) is 11.5. The number of rotatable bonds is 6. The first-order valence-corrected chi connectivity index (χ1v) is 18.6. The Morgan fingerprint density at radius 2 is 0.865 bits per heavy atom. The second-order valence-corrected chi connectivity index (χ2v) is 14.4. The van der Waals surface area contributed by atoms with E-state index in [0.717, 1.165) is 17.1 Å². The van der Waals surface area contributed by atoms with Gasteiger partial charge in [0.1, 0.15) is 0 Å². The highest BCUT2D eigenvalue weighted by molar-refractivity contribution is 7.26. The van der Waals surface area contributed by atoms with E-state index in [2.05, 4.69) is 205 Å². The van der Waals surface area contributed by atoms with Crippen molar-refractivity contribution in [1.29, 1.82) is 0 Å². The third-order valence-electron chi connectivity index (χ3n) is 10.3. The predicted octanol–water partition coefficient (Wildman–Crippen LogP) is 14.8. The highest BCUT2D eigenvalue weighted by Gasteiger charge is 2.18. The predicted molar refractivity (Wildman–Crippen MR) is 225 cm³/mol. The Hall–Kier alpha value is -6.48. The Morgan fingerprint density at radius 1 is 0.308 bits per heavy atom. The van der Waals surface area contributed by atoms with Crippen molar-refractivity contribution in [2.45, 2.75) is 0 Å². The molecule has 0 N–H and O–H groups in total. The van der Waals surface area contributed by atoms with Gasteiger partial charge in [0.2, 0.25) is 0 Å². The molecule has 1 heterocycles. The van der Waals surface area contributed by atoms with Gasteiger partial charge in [-0.3, -0.25) is 0 Å². The molecule has 0 aliphatic heterocycles. The number of benzene rings is 9. The van der Waals surface area contributed by atoms with E-state index >= 15 is 0 Å². The number of hydrogen-bond donors (Lipinski definition) is 0. The summed E-state index contributed by atoms with van der Waals surface area (Å²) in [5.41, 5.74) is 10.6. The highest BCUT2D eigenvalue weighted by Crippen LogP contribution is 2.44. The second-order valence-electron chi connectivity index (χ2n) is 13.3. The SMILES string of the molecule is c1ccc(-c2ccc(N(c3ccc(-c4cccc5c4sc4ccccc45)cc3)c3ccc4ccc5ccccc5c4c3)cc2-c2ccccc2)cc1. The van der Waals surface area contributed by atoms with Crippen molar-refractivity contribution in [2.75, 3.05) is 4.90 Å². The summed E-state index contributed by atoms with van der Waals surface area (Å²) in [7, 11) is 0. The molecule has 0 bridgehead atoms. The van der Waals surface area contributed by atoms with Gasteiger partial charge in [0, 0.05) is 37.2 Å². The van der Waals surface area contributed by atoms with Gasteiger partial charge < -0.3 is 4.90 Å². The first-order chi connectivity index (χ1) is 25.8. The molecular formula is C50H33NS. The van der Waals surface area contributed by atoms with Crippen molar-refractivity contribution in [2.24, 2.45) is 0 Å². The Labute approximate surface area is 307 Å². The molecule has 52 heavy (non-hydrogen) atoms. The molecule has 0 atom stereocenters. The first kappa shape index (κ1) is 30.4. The first-order valence-electron chi connectivity index (χ1n) is 17.8. The van der Waals surface area contributed by atoms with E-state index in [1.165, 1.54) is 75.1 Å². The summed E-state index contributed by atoms with van der Waals surface area (Å²) in [4.78, 5) is 2.41. The van der Waals surface area contributed by atoms with E-state index in [9.17, 15) is 0 Å². The average molecular weight is 680 g/mol. The number of nitrogens with zero attached hydrogens (tertiary/aromatic N) is 1. The standard InChI is InChI=1S/C50H33NS/c1-3-12-34(13-4-1)43-31-30-41(33-47(43)35-14-5-2-6-15-35)51(40-29-26-38-23-22-36-16-7-8-17-42(36)48(38)32-40)39-27-24-37(25-28-39)44-19-11-20-46-45-18-9-10-21-49(45)52-50(44)46/h1-33H. The molecule has 0 spiro atoms. The molecule has 1 nitrogen and oxygen atoms in total. The maximum atomic E-state index is 2.41. The van der Waals surface area contributed by atoms with Crippen molar-refractivity contribution in [3.63, 3.8) is 0 Å². The maximum Gasteiger partial charge on any atom is 0.0468 e. The summed E-state index contributed by atoms with van der Waals surface area (Å²) < 4.78 is 2.66. The molecule has 2 heteroatoms. The smallest absolute Gasteiger partial charge is 0.0468 e. The summed E-state index contributed by atoms with van der Waals surface area (Å²) in [6, 6.07) is 72.9. The zero-order chi connectivity index (χ0) is 34.4. The molecule has 1 aromatic heterocycles. The summed E-state index contributed by atoms with van der Waals surface area (Å²) in [5.74, 6) is 0. The van der Waals surface area contributed by atoms with Crippen LogP contribution in [0.3, 0.4) is 0 Å². The van der Waals surface area contributed by atoms with Crippen LogP contribution in [0.5, 0.6) is 0 Å². The monoisotopic (exact) mass is 679 g/mol. The molecule has 10 aromatic rings. The Kier molecular flexibility index (Phi) is 7.41.